The van der Waals surface area contributed by atoms with E-state index >= 15 is 0 Å². The molecule has 0 aliphatic carbocycles. The van der Waals surface area contributed by atoms with Gasteiger partial charge in [-0.1, -0.05) is 41.1 Å². The van der Waals surface area contributed by atoms with E-state index in [-0.39, 0.29) is 11.7 Å². The molecule has 0 bridgehead atoms. The van der Waals surface area contributed by atoms with Gasteiger partial charge in [-0.2, -0.15) is 4.68 Å². The van der Waals surface area contributed by atoms with E-state index in [0.29, 0.717) is 27.4 Å². The van der Waals surface area contributed by atoms with E-state index in [1.54, 1.807) is 53.2 Å². The molecule has 0 atom stereocenters. The number of halogens is 1. The first-order chi connectivity index (χ1) is 15.1. The van der Waals surface area contributed by atoms with Gasteiger partial charge in [0.15, 0.2) is 0 Å². The van der Waals surface area contributed by atoms with Crippen molar-refractivity contribution >= 4 is 35.0 Å². The second-order valence-corrected chi connectivity index (χ2v) is 8.00. The zero-order valence-electron chi connectivity index (χ0n) is 16.5. The number of benzene rings is 3. The number of rotatable bonds is 7. The van der Waals surface area contributed by atoms with Gasteiger partial charge in [0.05, 0.1) is 11.4 Å². The fourth-order valence-corrected chi connectivity index (χ4v) is 3.51. The first kappa shape index (κ1) is 20.9. The van der Waals surface area contributed by atoms with Crippen molar-refractivity contribution in [2.75, 3.05) is 11.1 Å². The minimum atomic E-state index is -0.158. The van der Waals surface area contributed by atoms with E-state index in [9.17, 15) is 4.79 Å². The molecule has 0 unspecified atom stereocenters. The third-order valence-corrected chi connectivity index (χ3v) is 5.41. The zero-order chi connectivity index (χ0) is 21.6. The normalized spacial score (nSPS) is 10.6. The Labute approximate surface area is 188 Å². The summed E-state index contributed by atoms with van der Waals surface area (Å²) in [5.74, 6) is 1.36. The maximum Gasteiger partial charge on any atom is 0.234 e. The average molecular weight is 452 g/mol. The summed E-state index contributed by atoms with van der Waals surface area (Å²) in [6, 6.07) is 22.1. The quantitative estimate of drug-likeness (QED) is 0.391. The largest absolute Gasteiger partial charge is 0.457 e. The van der Waals surface area contributed by atoms with Crippen LogP contribution in [0.2, 0.25) is 5.02 Å². The maximum absolute atomic E-state index is 12.4. The molecule has 1 heterocycles. The van der Waals surface area contributed by atoms with Gasteiger partial charge >= 0.3 is 0 Å². The van der Waals surface area contributed by atoms with Crippen LogP contribution in [0.4, 0.5) is 5.69 Å². The summed E-state index contributed by atoms with van der Waals surface area (Å²) in [6.07, 6.45) is 0. The van der Waals surface area contributed by atoms with E-state index in [0.717, 1.165) is 11.3 Å². The molecule has 9 heteroatoms. The second-order valence-electron chi connectivity index (χ2n) is 6.63. The zero-order valence-corrected chi connectivity index (χ0v) is 18.1. The lowest BCUT2D eigenvalue weighted by molar-refractivity contribution is -0.113. The first-order valence-corrected chi connectivity index (χ1v) is 10.7. The van der Waals surface area contributed by atoms with Gasteiger partial charge in [-0.25, -0.2) is 0 Å². The van der Waals surface area contributed by atoms with E-state index in [1.807, 2.05) is 31.2 Å². The smallest absolute Gasteiger partial charge is 0.234 e. The molecule has 0 aliphatic heterocycles. The molecule has 1 N–H and O–H groups in total. The molecule has 1 amide bonds. The molecule has 4 aromatic rings. The highest BCUT2D eigenvalue weighted by Crippen LogP contribution is 2.25. The SMILES string of the molecule is Cc1ccc(-n2nnnc2SCC(=O)Nc2ccc(Oc3ccc(Cl)cc3)cc2)cc1. The Morgan fingerprint density at radius 3 is 2.32 bits per heavy atom. The Kier molecular flexibility index (Phi) is 6.49. The van der Waals surface area contributed by atoms with Crippen LogP contribution in [0.25, 0.3) is 5.69 Å². The van der Waals surface area contributed by atoms with Crippen LogP contribution in [0, 0.1) is 6.92 Å². The van der Waals surface area contributed by atoms with Gasteiger partial charge in [0.2, 0.25) is 11.1 Å². The fourth-order valence-electron chi connectivity index (χ4n) is 2.69. The molecule has 0 saturated carbocycles. The summed E-state index contributed by atoms with van der Waals surface area (Å²) in [4.78, 5) is 12.4. The van der Waals surface area contributed by atoms with Gasteiger partial charge in [-0.15, -0.1) is 5.10 Å². The highest BCUT2D eigenvalue weighted by atomic mass is 35.5. The van der Waals surface area contributed by atoms with Crippen molar-refractivity contribution in [3.05, 3.63) is 83.4 Å². The summed E-state index contributed by atoms with van der Waals surface area (Å²) in [5.41, 5.74) is 2.66. The van der Waals surface area contributed by atoms with Crippen molar-refractivity contribution in [2.24, 2.45) is 0 Å². The Morgan fingerprint density at radius 2 is 1.65 bits per heavy atom. The topological polar surface area (TPSA) is 81.9 Å². The van der Waals surface area contributed by atoms with Crippen molar-refractivity contribution in [3.8, 4) is 17.2 Å². The first-order valence-electron chi connectivity index (χ1n) is 9.38. The lowest BCUT2D eigenvalue weighted by Gasteiger charge is -2.08. The highest BCUT2D eigenvalue weighted by Gasteiger charge is 2.12. The molecule has 7 nitrogen and oxygen atoms in total. The summed E-state index contributed by atoms with van der Waals surface area (Å²) < 4.78 is 7.36. The van der Waals surface area contributed by atoms with E-state index in [4.69, 9.17) is 16.3 Å². The van der Waals surface area contributed by atoms with Crippen molar-refractivity contribution in [3.63, 3.8) is 0 Å². The van der Waals surface area contributed by atoms with Crippen molar-refractivity contribution in [2.45, 2.75) is 12.1 Å². The number of carbonyl (C=O) groups is 1. The summed E-state index contributed by atoms with van der Waals surface area (Å²) in [7, 11) is 0. The minimum absolute atomic E-state index is 0.158. The van der Waals surface area contributed by atoms with E-state index in [2.05, 4.69) is 20.8 Å². The predicted molar refractivity (Wildman–Crippen MR) is 121 cm³/mol. The van der Waals surface area contributed by atoms with Crippen LogP contribution in [-0.2, 0) is 4.79 Å². The Bertz CT molecular complexity index is 1160. The summed E-state index contributed by atoms with van der Waals surface area (Å²) in [5, 5.41) is 15.8. The molecule has 156 valence electrons. The van der Waals surface area contributed by atoms with Crippen molar-refractivity contribution in [1.29, 1.82) is 0 Å². The highest BCUT2D eigenvalue weighted by molar-refractivity contribution is 7.99. The molecule has 31 heavy (non-hydrogen) atoms. The molecule has 0 aliphatic rings. The van der Waals surface area contributed by atoms with Crippen LogP contribution >= 0.6 is 23.4 Å². The van der Waals surface area contributed by atoms with Crippen LogP contribution in [0.3, 0.4) is 0 Å². The molecule has 0 fully saturated rings. The van der Waals surface area contributed by atoms with Gasteiger partial charge in [0.1, 0.15) is 11.5 Å². The third kappa shape index (κ3) is 5.62. The minimum Gasteiger partial charge on any atom is -0.457 e. The number of thioether (sulfide) groups is 1. The number of hydrogen-bond acceptors (Lipinski definition) is 6. The molecule has 0 spiro atoms. The van der Waals surface area contributed by atoms with Crippen molar-refractivity contribution in [1.82, 2.24) is 20.2 Å². The average Bonchev–Trinajstić information content (AvgIpc) is 3.24. The molecule has 3 aromatic carbocycles. The van der Waals surface area contributed by atoms with Gasteiger partial charge in [0, 0.05) is 10.7 Å². The fraction of sp³-hybridized carbons (Fsp3) is 0.0909. The summed E-state index contributed by atoms with van der Waals surface area (Å²) >= 11 is 7.14. The molecule has 1 aromatic heterocycles. The number of hydrogen-bond donors (Lipinski definition) is 1. The standard InChI is InChI=1S/C22H18ClN5O2S/c1-15-2-8-18(9-3-15)28-22(25-26-27-28)31-14-21(29)24-17-6-12-20(13-7-17)30-19-10-4-16(23)5-11-19/h2-13H,14H2,1H3,(H,24,29). The third-order valence-electron chi connectivity index (χ3n) is 4.24. The monoisotopic (exact) mass is 451 g/mol. The lowest BCUT2D eigenvalue weighted by Crippen LogP contribution is -2.14. The number of anilines is 1. The molecule has 4 rings (SSSR count). The number of aryl methyl sites for hydroxylation is 1. The van der Waals surface area contributed by atoms with Gasteiger partial charge < -0.3 is 10.1 Å². The molecular weight excluding hydrogens is 434 g/mol. The van der Waals surface area contributed by atoms with Crippen LogP contribution in [0.1, 0.15) is 5.56 Å². The van der Waals surface area contributed by atoms with E-state index < -0.39 is 0 Å². The molecule has 0 saturated heterocycles. The van der Waals surface area contributed by atoms with Crippen LogP contribution in [0.5, 0.6) is 11.5 Å². The van der Waals surface area contributed by atoms with Crippen LogP contribution < -0.4 is 10.1 Å². The van der Waals surface area contributed by atoms with Crippen molar-refractivity contribution < 1.29 is 9.53 Å². The number of ether oxygens (including phenoxy) is 1. The predicted octanol–water partition coefficient (Wildman–Crippen LogP) is 5.15. The van der Waals surface area contributed by atoms with Gasteiger partial charge in [-0.3, -0.25) is 4.79 Å². The number of nitrogens with zero attached hydrogens (tertiary/aromatic N) is 4. The number of carbonyl (C=O) groups excluding carboxylic acids is 1. The Hall–Kier alpha value is -3.36. The van der Waals surface area contributed by atoms with Crippen LogP contribution in [0.15, 0.2) is 78.0 Å². The lowest BCUT2D eigenvalue weighted by atomic mass is 10.2. The maximum atomic E-state index is 12.4. The Balaban J connectivity index is 1.32. The number of nitrogens with one attached hydrogen (secondary N) is 1. The molecular formula is C22H18ClN5O2S. The van der Waals surface area contributed by atoms with E-state index in [1.165, 1.54) is 11.8 Å². The van der Waals surface area contributed by atoms with Crippen LogP contribution in [-0.4, -0.2) is 31.9 Å². The summed E-state index contributed by atoms with van der Waals surface area (Å²) in [6.45, 7) is 2.01. The Morgan fingerprint density at radius 1 is 1.00 bits per heavy atom. The molecule has 0 radical (unpaired) electrons. The van der Waals surface area contributed by atoms with Gasteiger partial charge in [0.25, 0.3) is 0 Å². The second kappa shape index (κ2) is 9.63. The number of tetrazole rings is 1. The van der Waals surface area contributed by atoms with Gasteiger partial charge in [-0.05, 0) is 78.0 Å². The number of amides is 1. The number of aromatic nitrogens is 4.